The van der Waals surface area contributed by atoms with Crippen molar-refractivity contribution in [3.63, 3.8) is 0 Å². The fourth-order valence-corrected chi connectivity index (χ4v) is 4.22. The highest BCUT2D eigenvalue weighted by molar-refractivity contribution is 5.90. The molecule has 0 atom stereocenters. The van der Waals surface area contributed by atoms with Crippen LogP contribution in [0.2, 0.25) is 0 Å². The summed E-state index contributed by atoms with van der Waals surface area (Å²) in [5.74, 6) is 2.39. The molecule has 0 bridgehead atoms. The zero-order valence-corrected chi connectivity index (χ0v) is 20.2. The minimum atomic E-state index is -0.326. The lowest BCUT2D eigenvalue weighted by Gasteiger charge is -2.26. The predicted molar refractivity (Wildman–Crippen MR) is 138 cm³/mol. The van der Waals surface area contributed by atoms with Crippen LogP contribution in [0.3, 0.4) is 0 Å². The molecule has 2 heterocycles. The van der Waals surface area contributed by atoms with Crippen molar-refractivity contribution in [3.05, 3.63) is 78.1 Å². The highest BCUT2D eigenvalue weighted by atomic mass is 19.1. The second-order valence-corrected chi connectivity index (χ2v) is 8.56. The van der Waals surface area contributed by atoms with Gasteiger partial charge >= 0.3 is 0 Å². The number of benzene rings is 3. The van der Waals surface area contributed by atoms with Crippen LogP contribution in [-0.4, -0.2) is 61.4 Å². The quantitative estimate of drug-likeness (QED) is 0.364. The standard InChI is InChI=1S/C28H29FN4O3/c1-34-26-11-8-22(29)18-21(26)19-36-23-9-6-20(7-10-23)27-31-25-5-3-2-4-24(25)28(32-27)30-12-13-33-14-16-35-17-15-33/h2-11,18H,12-17,19H2,1H3,(H,30,31,32). The van der Waals surface area contributed by atoms with E-state index in [-0.39, 0.29) is 12.4 Å². The number of nitrogens with one attached hydrogen (secondary N) is 1. The summed E-state index contributed by atoms with van der Waals surface area (Å²) >= 11 is 0. The van der Waals surface area contributed by atoms with Crippen LogP contribution in [0.25, 0.3) is 22.3 Å². The first-order valence-electron chi connectivity index (χ1n) is 12.1. The van der Waals surface area contributed by atoms with E-state index >= 15 is 0 Å². The summed E-state index contributed by atoms with van der Waals surface area (Å²) in [6, 6.07) is 20.0. The number of fused-ring (bicyclic) bond motifs is 1. The molecule has 1 N–H and O–H groups in total. The molecule has 1 saturated heterocycles. The highest BCUT2D eigenvalue weighted by Gasteiger charge is 2.13. The Bertz CT molecular complexity index is 1310. The molecule has 1 fully saturated rings. The van der Waals surface area contributed by atoms with Crippen LogP contribution in [0.4, 0.5) is 10.2 Å². The van der Waals surface area contributed by atoms with Crippen molar-refractivity contribution in [3.8, 4) is 22.9 Å². The molecule has 0 saturated carbocycles. The molecule has 8 heteroatoms. The second kappa shape index (κ2) is 11.3. The molecule has 1 aromatic heterocycles. The number of nitrogens with zero attached hydrogens (tertiary/aromatic N) is 3. The van der Waals surface area contributed by atoms with Gasteiger partial charge in [-0.3, -0.25) is 4.90 Å². The molecule has 7 nitrogen and oxygen atoms in total. The molecular weight excluding hydrogens is 459 g/mol. The second-order valence-electron chi connectivity index (χ2n) is 8.56. The third-order valence-corrected chi connectivity index (χ3v) is 6.18. The Labute approximate surface area is 209 Å². The van der Waals surface area contributed by atoms with Gasteiger partial charge in [-0.1, -0.05) is 12.1 Å². The summed E-state index contributed by atoms with van der Waals surface area (Å²) in [5.41, 5.74) is 2.41. The minimum absolute atomic E-state index is 0.198. The van der Waals surface area contributed by atoms with E-state index in [1.54, 1.807) is 13.2 Å². The molecule has 4 aromatic rings. The molecule has 3 aromatic carbocycles. The average Bonchev–Trinajstić information content (AvgIpc) is 2.93. The van der Waals surface area contributed by atoms with Crippen LogP contribution in [0, 0.1) is 5.82 Å². The first-order chi connectivity index (χ1) is 17.7. The summed E-state index contributed by atoms with van der Waals surface area (Å²) in [6.45, 7) is 5.40. The Morgan fingerprint density at radius 2 is 1.81 bits per heavy atom. The number of morpholine rings is 1. The van der Waals surface area contributed by atoms with Crippen molar-refractivity contribution < 1.29 is 18.6 Å². The average molecular weight is 489 g/mol. The number of halogens is 1. The molecular formula is C28H29FN4O3. The first kappa shape index (κ1) is 24.0. The number of para-hydroxylation sites is 1. The van der Waals surface area contributed by atoms with E-state index in [1.165, 1.54) is 12.1 Å². The smallest absolute Gasteiger partial charge is 0.162 e. The molecule has 0 spiro atoms. The fraction of sp³-hybridized carbons (Fsp3) is 0.286. The highest BCUT2D eigenvalue weighted by Crippen LogP contribution is 2.27. The van der Waals surface area contributed by atoms with Crippen LogP contribution >= 0.6 is 0 Å². The SMILES string of the molecule is COc1ccc(F)cc1COc1ccc(-c2nc(NCCN3CCOCC3)c3ccccc3n2)cc1. The monoisotopic (exact) mass is 488 g/mol. The molecule has 1 aliphatic rings. The maximum Gasteiger partial charge on any atom is 0.162 e. The molecule has 1 aliphatic heterocycles. The number of hydrogen-bond acceptors (Lipinski definition) is 7. The van der Waals surface area contributed by atoms with Gasteiger partial charge in [0.15, 0.2) is 5.82 Å². The van der Waals surface area contributed by atoms with Gasteiger partial charge in [0.05, 0.1) is 25.8 Å². The maximum atomic E-state index is 13.6. The Balaban J connectivity index is 1.30. The van der Waals surface area contributed by atoms with E-state index in [0.29, 0.717) is 22.9 Å². The zero-order chi connectivity index (χ0) is 24.7. The summed E-state index contributed by atoms with van der Waals surface area (Å²) in [6.07, 6.45) is 0. The van der Waals surface area contributed by atoms with Crippen molar-refractivity contribution in [1.29, 1.82) is 0 Å². The molecule has 0 radical (unpaired) electrons. The van der Waals surface area contributed by atoms with Gasteiger partial charge in [-0.15, -0.1) is 0 Å². The van der Waals surface area contributed by atoms with Crippen molar-refractivity contribution in [2.75, 3.05) is 51.8 Å². The van der Waals surface area contributed by atoms with E-state index in [4.69, 9.17) is 24.2 Å². The number of aromatic nitrogens is 2. The number of rotatable bonds is 9. The van der Waals surface area contributed by atoms with Crippen molar-refractivity contribution in [1.82, 2.24) is 14.9 Å². The lowest BCUT2D eigenvalue weighted by atomic mass is 10.1. The Kier molecular flexibility index (Phi) is 7.54. The van der Waals surface area contributed by atoms with E-state index in [0.717, 1.165) is 61.7 Å². The van der Waals surface area contributed by atoms with Gasteiger partial charge in [-0.2, -0.15) is 0 Å². The normalized spacial score (nSPS) is 14.1. The zero-order valence-electron chi connectivity index (χ0n) is 20.2. The molecule has 5 rings (SSSR count). The third kappa shape index (κ3) is 5.72. The molecule has 186 valence electrons. The minimum Gasteiger partial charge on any atom is -0.496 e. The topological polar surface area (TPSA) is 68.7 Å². The Morgan fingerprint density at radius 3 is 2.61 bits per heavy atom. The summed E-state index contributed by atoms with van der Waals surface area (Å²) < 4.78 is 30.2. The van der Waals surface area contributed by atoms with Crippen LogP contribution in [0.15, 0.2) is 66.7 Å². The van der Waals surface area contributed by atoms with Gasteiger partial charge in [0, 0.05) is 42.7 Å². The molecule has 36 heavy (non-hydrogen) atoms. The Morgan fingerprint density at radius 1 is 1.00 bits per heavy atom. The lowest BCUT2D eigenvalue weighted by Crippen LogP contribution is -2.39. The summed E-state index contributed by atoms with van der Waals surface area (Å²) in [7, 11) is 1.56. The van der Waals surface area contributed by atoms with Gasteiger partial charge in [-0.25, -0.2) is 14.4 Å². The molecule has 0 unspecified atom stereocenters. The van der Waals surface area contributed by atoms with Crippen LogP contribution in [0.5, 0.6) is 11.5 Å². The van der Waals surface area contributed by atoms with Gasteiger partial charge in [-0.05, 0) is 54.6 Å². The number of methoxy groups -OCH3 is 1. The molecule has 0 amide bonds. The number of ether oxygens (including phenoxy) is 3. The van der Waals surface area contributed by atoms with Crippen LogP contribution in [0.1, 0.15) is 5.56 Å². The van der Waals surface area contributed by atoms with Gasteiger partial charge in [0.2, 0.25) is 0 Å². The summed E-state index contributed by atoms with van der Waals surface area (Å²) in [5, 5.41) is 4.50. The predicted octanol–water partition coefficient (Wildman–Crippen LogP) is 4.77. The van der Waals surface area contributed by atoms with Crippen molar-refractivity contribution >= 4 is 16.7 Å². The molecule has 0 aliphatic carbocycles. The van der Waals surface area contributed by atoms with Crippen molar-refractivity contribution in [2.45, 2.75) is 6.61 Å². The van der Waals surface area contributed by atoms with Crippen LogP contribution < -0.4 is 14.8 Å². The first-order valence-corrected chi connectivity index (χ1v) is 12.1. The van der Waals surface area contributed by atoms with Gasteiger partial charge in [0.1, 0.15) is 29.7 Å². The van der Waals surface area contributed by atoms with E-state index in [9.17, 15) is 4.39 Å². The third-order valence-electron chi connectivity index (χ3n) is 6.18. The van der Waals surface area contributed by atoms with E-state index in [1.807, 2.05) is 48.5 Å². The number of hydrogen-bond donors (Lipinski definition) is 1. The van der Waals surface area contributed by atoms with Crippen molar-refractivity contribution in [2.24, 2.45) is 0 Å². The Hall–Kier alpha value is -3.75. The van der Waals surface area contributed by atoms with Gasteiger partial charge in [0.25, 0.3) is 0 Å². The maximum absolute atomic E-state index is 13.6. The number of anilines is 1. The van der Waals surface area contributed by atoms with Gasteiger partial charge < -0.3 is 19.5 Å². The van der Waals surface area contributed by atoms with Crippen LogP contribution in [-0.2, 0) is 11.3 Å². The van der Waals surface area contributed by atoms with E-state index in [2.05, 4.69) is 10.2 Å². The van der Waals surface area contributed by atoms with E-state index < -0.39 is 0 Å². The lowest BCUT2D eigenvalue weighted by molar-refractivity contribution is 0.0398. The summed E-state index contributed by atoms with van der Waals surface area (Å²) in [4.78, 5) is 12.0. The largest absolute Gasteiger partial charge is 0.496 e. The fourth-order valence-electron chi connectivity index (χ4n) is 4.22.